The van der Waals surface area contributed by atoms with Crippen molar-refractivity contribution in [1.29, 1.82) is 0 Å². The van der Waals surface area contributed by atoms with Crippen molar-refractivity contribution in [2.24, 2.45) is 0 Å². The minimum absolute atomic E-state index is 0.0771. The molecular formula is C26H26F4N4O5S2. The third-order valence-electron chi connectivity index (χ3n) is 6.01. The van der Waals surface area contributed by atoms with Gasteiger partial charge in [-0.1, -0.05) is 6.07 Å². The first-order chi connectivity index (χ1) is 19.1. The van der Waals surface area contributed by atoms with E-state index >= 15 is 8.78 Å². The molecule has 4 rings (SSSR count). The van der Waals surface area contributed by atoms with Crippen molar-refractivity contribution in [3.8, 4) is 11.1 Å². The molecule has 0 radical (unpaired) electrons. The summed E-state index contributed by atoms with van der Waals surface area (Å²) < 4.78 is 94.5. The molecule has 4 aromatic rings. The van der Waals surface area contributed by atoms with Crippen LogP contribution in [0.2, 0.25) is 0 Å². The quantitative estimate of drug-likeness (QED) is 0.188. The Hall–Kier alpha value is -3.69. The first kappa shape index (κ1) is 30.3. The third kappa shape index (κ3) is 6.31. The number of halogens is 4. The summed E-state index contributed by atoms with van der Waals surface area (Å²) in [7, 11) is -5.49. The molecule has 2 heterocycles. The van der Waals surface area contributed by atoms with E-state index in [4.69, 9.17) is 4.74 Å². The molecule has 41 heavy (non-hydrogen) atoms. The lowest BCUT2D eigenvalue weighted by atomic mass is 10.0. The standard InChI is InChI=1S/C26H26F4N4O5S2/c1-14-20(11-15(27)12-31-14)41(37,38)33-19-8-7-18(28)21(23(19)30)16-5-6-17-24(26(35)36)32-34(25(17)22(16)29)13-39-9-10-40(2,3)4/h5-8,11-12,33H,9-10,13H2,1-4H3,(H,35,36). The van der Waals surface area contributed by atoms with Crippen LogP contribution in [-0.2, 0) is 21.5 Å². The molecule has 0 amide bonds. The minimum atomic E-state index is -4.58. The van der Waals surface area contributed by atoms with Crippen LogP contribution >= 0.6 is 10.0 Å². The molecule has 2 aromatic carbocycles. The molecule has 0 bridgehead atoms. The predicted molar refractivity (Wildman–Crippen MR) is 148 cm³/mol. The van der Waals surface area contributed by atoms with Gasteiger partial charge in [-0.15, -0.1) is 0 Å². The Bertz CT molecular complexity index is 1770. The van der Waals surface area contributed by atoms with Crippen LogP contribution in [0.3, 0.4) is 0 Å². The lowest BCUT2D eigenvalue weighted by molar-refractivity contribution is 0.0677. The van der Waals surface area contributed by atoms with Gasteiger partial charge in [0.2, 0.25) is 0 Å². The highest BCUT2D eigenvalue weighted by atomic mass is 32.3. The van der Waals surface area contributed by atoms with E-state index in [2.05, 4.69) is 28.8 Å². The van der Waals surface area contributed by atoms with E-state index in [9.17, 15) is 27.1 Å². The van der Waals surface area contributed by atoms with E-state index in [-0.39, 0.29) is 29.9 Å². The van der Waals surface area contributed by atoms with Crippen molar-refractivity contribution in [2.75, 3.05) is 35.8 Å². The maximum absolute atomic E-state index is 16.0. The fourth-order valence-corrected chi connectivity index (χ4v) is 5.86. The second kappa shape index (κ2) is 11.3. The molecule has 15 heteroatoms. The monoisotopic (exact) mass is 614 g/mol. The number of hydrogen-bond donors (Lipinski definition) is 2. The van der Waals surface area contributed by atoms with Gasteiger partial charge in [-0.3, -0.25) is 9.71 Å². The van der Waals surface area contributed by atoms with Gasteiger partial charge in [-0.25, -0.2) is 45.5 Å². The highest BCUT2D eigenvalue weighted by Crippen LogP contribution is 2.37. The number of carbonyl (C=O) groups is 1. The summed E-state index contributed by atoms with van der Waals surface area (Å²) in [5.41, 5.74) is -3.20. The maximum Gasteiger partial charge on any atom is 0.357 e. The first-order valence-electron chi connectivity index (χ1n) is 11.9. The molecule has 0 atom stereocenters. The van der Waals surface area contributed by atoms with Crippen LogP contribution < -0.4 is 4.72 Å². The zero-order valence-electron chi connectivity index (χ0n) is 22.3. The average Bonchev–Trinajstić information content (AvgIpc) is 3.25. The molecule has 2 aromatic heterocycles. The van der Waals surface area contributed by atoms with Crippen molar-refractivity contribution in [3.05, 3.63) is 71.2 Å². The maximum atomic E-state index is 16.0. The summed E-state index contributed by atoms with van der Waals surface area (Å²) in [4.78, 5) is 14.8. The molecule has 0 aliphatic carbocycles. The van der Waals surface area contributed by atoms with Crippen LogP contribution in [-0.4, -0.2) is 65.4 Å². The van der Waals surface area contributed by atoms with Gasteiger partial charge >= 0.3 is 5.97 Å². The van der Waals surface area contributed by atoms with E-state index < -0.39 is 76.7 Å². The Labute approximate surface area is 234 Å². The van der Waals surface area contributed by atoms with Gasteiger partial charge in [-0.05, 0) is 50.0 Å². The van der Waals surface area contributed by atoms with Crippen molar-refractivity contribution in [1.82, 2.24) is 14.8 Å². The lowest BCUT2D eigenvalue weighted by Crippen LogP contribution is -2.16. The fraction of sp³-hybridized carbons (Fsp3) is 0.269. The number of nitrogens with one attached hydrogen (secondary N) is 1. The Kier molecular flexibility index (Phi) is 8.34. The molecule has 220 valence electrons. The van der Waals surface area contributed by atoms with Crippen LogP contribution in [0.1, 0.15) is 16.2 Å². The van der Waals surface area contributed by atoms with Gasteiger partial charge in [0.15, 0.2) is 17.3 Å². The summed E-state index contributed by atoms with van der Waals surface area (Å²) in [5, 5.41) is 13.4. The largest absolute Gasteiger partial charge is 0.476 e. The number of carboxylic acids is 1. The second-order valence-electron chi connectivity index (χ2n) is 9.94. The normalized spacial score (nSPS) is 12.6. The molecule has 0 saturated heterocycles. The molecule has 0 fully saturated rings. The van der Waals surface area contributed by atoms with Crippen molar-refractivity contribution >= 4 is 42.6 Å². The summed E-state index contributed by atoms with van der Waals surface area (Å²) >= 11 is 0. The van der Waals surface area contributed by atoms with Crippen LogP contribution in [0.5, 0.6) is 0 Å². The van der Waals surface area contributed by atoms with Crippen molar-refractivity contribution in [2.45, 2.75) is 18.6 Å². The second-order valence-corrected chi connectivity index (χ2v) is 16.2. The number of ether oxygens (including phenoxy) is 1. The highest BCUT2D eigenvalue weighted by molar-refractivity contribution is 8.32. The molecule has 0 unspecified atom stereocenters. The van der Waals surface area contributed by atoms with Crippen LogP contribution in [0, 0.1) is 30.2 Å². The molecular weight excluding hydrogens is 588 g/mol. The number of nitrogens with zero attached hydrogens (tertiary/aromatic N) is 3. The first-order valence-corrected chi connectivity index (χ1v) is 16.4. The van der Waals surface area contributed by atoms with Crippen LogP contribution in [0.15, 0.2) is 41.4 Å². The summed E-state index contributed by atoms with van der Waals surface area (Å²) in [6, 6.07) is 4.33. The topological polar surface area (TPSA) is 123 Å². The number of carboxylic acid groups (broad SMARTS) is 1. The zero-order chi connectivity index (χ0) is 30.3. The van der Waals surface area contributed by atoms with E-state index in [0.29, 0.717) is 6.07 Å². The molecule has 9 nitrogen and oxygen atoms in total. The number of hydrogen-bond acceptors (Lipinski definition) is 6. The van der Waals surface area contributed by atoms with E-state index in [1.807, 2.05) is 4.72 Å². The van der Waals surface area contributed by atoms with Crippen LogP contribution in [0.4, 0.5) is 23.2 Å². The van der Waals surface area contributed by atoms with Gasteiger partial charge in [0.1, 0.15) is 28.8 Å². The molecule has 0 aliphatic rings. The van der Waals surface area contributed by atoms with Gasteiger partial charge < -0.3 is 9.84 Å². The van der Waals surface area contributed by atoms with Crippen molar-refractivity contribution < 1.29 is 40.6 Å². The van der Waals surface area contributed by atoms with Gasteiger partial charge in [0.25, 0.3) is 10.0 Å². The zero-order valence-corrected chi connectivity index (χ0v) is 24.0. The van der Waals surface area contributed by atoms with E-state index in [1.54, 1.807) is 0 Å². The minimum Gasteiger partial charge on any atom is -0.476 e. The summed E-state index contributed by atoms with van der Waals surface area (Å²) in [6.07, 6.45) is 7.02. The van der Waals surface area contributed by atoms with E-state index in [1.165, 1.54) is 6.92 Å². The fourth-order valence-electron chi connectivity index (χ4n) is 3.98. The number of fused-ring (bicyclic) bond motifs is 1. The Morgan fingerprint density at radius 2 is 1.78 bits per heavy atom. The smallest absolute Gasteiger partial charge is 0.357 e. The SMILES string of the molecule is Cc1ncc(F)cc1S(=O)(=O)Nc1ccc(F)c(-c2ccc3c(C(=O)O)nn(COCCS(C)(C)C)c3c2F)c1F. The lowest BCUT2D eigenvalue weighted by Gasteiger charge is -2.24. The van der Waals surface area contributed by atoms with Gasteiger partial charge in [0, 0.05) is 16.7 Å². The molecule has 0 spiro atoms. The number of rotatable bonds is 10. The number of benzene rings is 2. The Morgan fingerprint density at radius 3 is 2.44 bits per heavy atom. The van der Waals surface area contributed by atoms with E-state index in [0.717, 1.165) is 40.9 Å². The number of aromatic nitrogens is 3. The predicted octanol–water partition coefficient (Wildman–Crippen LogP) is 5.13. The third-order valence-corrected chi connectivity index (χ3v) is 8.88. The van der Waals surface area contributed by atoms with Crippen LogP contribution in [0.25, 0.3) is 22.0 Å². The number of anilines is 1. The van der Waals surface area contributed by atoms with Gasteiger partial charge in [0.05, 0.1) is 29.7 Å². The average molecular weight is 615 g/mol. The number of pyridine rings is 1. The summed E-state index contributed by atoms with van der Waals surface area (Å²) in [6.45, 7) is 1.26. The molecule has 0 saturated carbocycles. The summed E-state index contributed by atoms with van der Waals surface area (Å²) in [5.74, 6) is -5.56. The molecule has 0 aliphatic heterocycles. The number of sulfonamides is 1. The Morgan fingerprint density at radius 1 is 1.07 bits per heavy atom. The van der Waals surface area contributed by atoms with Crippen molar-refractivity contribution in [3.63, 3.8) is 0 Å². The van der Waals surface area contributed by atoms with Gasteiger partial charge in [-0.2, -0.15) is 5.10 Å². The number of aromatic carboxylic acids is 1. The molecule has 2 N–H and O–H groups in total. The Balaban J connectivity index is 1.79. The number of aryl methyl sites for hydroxylation is 1. The highest BCUT2D eigenvalue weighted by Gasteiger charge is 2.27.